The molecule has 0 amide bonds. The molecule has 2 aromatic rings. The average molecular weight is 174 g/mol. The second-order valence-corrected chi connectivity index (χ2v) is 3.53. The van der Waals surface area contributed by atoms with E-state index in [2.05, 4.69) is 30.1 Å². The molecule has 2 nitrogen and oxygen atoms in total. The van der Waals surface area contributed by atoms with Gasteiger partial charge in [0, 0.05) is 23.1 Å². The number of fused-ring (bicyclic) bond motifs is 1. The van der Waals surface area contributed by atoms with Crippen LogP contribution in [-0.2, 0) is 0 Å². The molecule has 68 valence electrons. The zero-order chi connectivity index (χ0) is 9.42. The Morgan fingerprint density at radius 3 is 2.85 bits per heavy atom. The molecule has 0 saturated heterocycles. The third-order valence-electron chi connectivity index (χ3n) is 2.44. The van der Waals surface area contributed by atoms with Crippen molar-refractivity contribution >= 4 is 10.9 Å². The molecule has 0 radical (unpaired) electrons. The molecule has 0 aliphatic heterocycles. The number of aryl methyl sites for hydroxylation is 1. The maximum Gasteiger partial charge on any atom is 0.0460 e. The number of aromatic amines is 1. The lowest BCUT2D eigenvalue weighted by molar-refractivity contribution is 0.825. The summed E-state index contributed by atoms with van der Waals surface area (Å²) in [6.07, 6.45) is 2.00. The maximum absolute atomic E-state index is 5.87. The van der Waals surface area contributed by atoms with Gasteiger partial charge in [0.05, 0.1) is 0 Å². The fourth-order valence-electron chi connectivity index (χ4n) is 1.76. The van der Waals surface area contributed by atoms with Crippen molar-refractivity contribution < 1.29 is 0 Å². The van der Waals surface area contributed by atoms with Gasteiger partial charge < -0.3 is 10.7 Å². The summed E-state index contributed by atoms with van der Waals surface area (Å²) >= 11 is 0. The van der Waals surface area contributed by atoms with Crippen molar-refractivity contribution in [1.82, 2.24) is 4.98 Å². The minimum Gasteiger partial charge on any atom is -0.361 e. The fourth-order valence-corrected chi connectivity index (χ4v) is 1.76. The highest BCUT2D eigenvalue weighted by atomic mass is 14.7. The van der Waals surface area contributed by atoms with Gasteiger partial charge in [-0.15, -0.1) is 0 Å². The molecule has 1 aromatic heterocycles. The highest BCUT2D eigenvalue weighted by molar-refractivity contribution is 5.86. The van der Waals surface area contributed by atoms with E-state index in [1.165, 1.54) is 22.0 Å². The molecule has 0 saturated carbocycles. The maximum atomic E-state index is 5.87. The quantitative estimate of drug-likeness (QED) is 0.685. The molecule has 0 aliphatic carbocycles. The minimum atomic E-state index is 0.0925. The molecule has 1 atom stereocenters. The largest absolute Gasteiger partial charge is 0.361 e. The van der Waals surface area contributed by atoms with Gasteiger partial charge in [0.1, 0.15) is 0 Å². The van der Waals surface area contributed by atoms with Gasteiger partial charge in [-0.3, -0.25) is 0 Å². The van der Waals surface area contributed by atoms with E-state index in [1.54, 1.807) is 0 Å². The summed E-state index contributed by atoms with van der Waals surface area (Å²) in [5, 5.41) is 1.28. The summed E-state index contributed by atoms with van der Waals surface area (Å²) < 4.78 is 0. The third kappa shape index (κ3) is 1.23. The average Bonchev–Trinajstić information content (AvgIpc) is 2.49. The lowest BCUT2D eigenvalue weighted by atomic mass is 10.0. The van der Waals surface area contributed by atoms with Crippen molar-refractivity contribution in [3.8, 4) is 0 Å². The van der Waals surface area contributed by atoms with Crippen LogP contribution in [0, 0.1) is 6.92 Å². The number of nitrogens with one attached hydrogen (secondary N) is 1. The molecule has 0 bridgehead atoms. The van der Waals surface area contributed by atoms with Crippen LogP contribution in [0.5, 0.6) is 0 Å². The normalized spacial score (nSPS) is 13.5. The molecule has 1 unspecified atom stereocenters. The summed E-state index contributed by atoms with van der Waals surface area (Å²) in [4.78, 5) is 3.23. The second-order valence-electron chi connectivity index (χ2n) is 3.53. The Hall–Kier alpha value is -1.28. The van der Waals surface area contributed by atoms with Gasteiger partial charge in [0.2, 0.25) is 0 Å². The number of aromatic nitrogens is 1. The number of hydrogen-bond acceptors (Lipinski definition) is 1. The summed E-state index contributed by atoms with van der Waals surface area (Å²) in [6.45, 7) is 4.12. The van der Waals surface area contributed by atoms with Crippen LogP contribution >= 0.6 is 0 Å². The molecular formula is C11H14N2. The SMILES string of the molecule is Cc1cccc2[nH]cc(C(C)N)c12. The summed E-state index contributed by atoms with van der Waals surface area (Å²) in [6, 6.07) is 6.34. The van der Waals surface area contributed by atoms with Crippen LogP contribution in [0.15, 0.2) is 24.4 Å². The molecule has 0 aliphatic rings. The van der Waals surface area contributed by atoms with E-state index in [4.69, 9.17) is 5.73 Å². The van der Waals surface area contributed by atoms with Gasteiger partial charge in [0.15, 0.2) is 0 Å². The lowest BCUT2D eigenvalue weighted by Gasteiger charge is -2.04. The van der Waals surface area contributed by atoms with Gasteiger partial charge >= 0.3 is 0 Å². The van der Waals surface area contributed by atoms with Crippen LogP contribution in [0.3, 0.4) is 0 Å². The van der Waals surface area contributed by atoms with E-state index in [9.17, 15) is 0 Å². The zero-order valence-corrected chi connectivity index (χ0v) is 7.96. The van der Waals surface area contributed by atoms with E-state index in [1.807, 2.05) is 13.1 Å². The third-order valence-corrected chi connectivity index (χ3v) is 2.44. The molecule has 3 N–H and O–H groups in total. The highest BCUT2D eigenvalue weighted by Gasteiger charge is 2.08. The molecule has 1 aromatic carbocycles. The Morgan fingerprint density at radius 2 is 2.15 bits per heavy atom. The lowest BCUT2D eigenvalue weighted by Crippen LogP contribution is -2.04. The highest BCUT2D eigenvalue weighted by Crippen LogP contribution is 2.25. The summed E-state index contributed by atoms with van der Waals surface area (Å²) in [5.41, 5.74) is 9.53. The van der Waals surface area contributed by atoms with Crippen LogP contribution in [0.4, 0.5) is 0 Å². The second kappa shape index (κ2) is 2.89. The molecule has 0 spiro atoms. The van der Waals surface area contributed by atoms with Gasteiger partial charge in [0.25, 0.3) is 0 Å². The molecule has 13 heavy (non-hydrogen) atoms. The first-order valence-corrected chi connectivity index (χ1v) is 4.52. The zero-order valence-electron chi connectivity index (χ0n) is 7.96. The Kier molecular flexibility index (Phi) is 1.85. The van der Waals surface area contributed by atoms with E-state index in [-0.39, 0.29) is 6.04 Å². The smallest absolute Gasteiger partial charge is 0.0460 e. The Balaban J connectivity index is 2.79. The van der Waals surface area contributed by atoms with E-state index in [0.717, 1.165) is 0 Å². The van der Waals surface area contributed by atoms with E-state index < -0.39 is 0 Å². The van der Waals surface area contributed by atoms with Crippen LogP contribution in [0.2, 0.25) is 0 Å². The molecule has 2 heteroatoms. The molecule has 2 rings (SSSR count). The van der Waals surface area contributed by atoms with E-state index in [0.29, 0.717) is 0 Å². The van der Waals surface area contributed by atoms with Crippen molar-refractivity contribution in [1.29, 1.82) is 0 Å². The van der Waals surface area contributed by atoms with Crippen LogP contribution < -0.4 is 5.73 Å². The van der Waals surface area contributed by atoms with Gasteiger partial charge in [-0.05, 0) is 31.0 Å². The first kappa shape index (κ1) is 8.32. The van der Waals surface area contributed by atoms with E-state index >= 15 is 0 Å². The Bertz CT molecular complexity index is 427. The number of benzene rings is 1. The fraction of sp³-hybridized carbons (Fsp3) is 0.273. The number of nitrogens with two attached hydrogens (primary N) is 1. The summed E-state index contributed by atoms with van der Waals surface area (Å²) in [5.74, 6) is 0. The first-order chi connectivity index (χ1) is 6.20. The monoisotopic (exact) mass is 174 g/mol. The predicted molar refractivity (Wildman–Crippen MR) is 55.6 cm³/mol. The molecular weight excluding hydrogens is 160 g/mol. The Morgan fingerprint density at radius 1 is 1.38 bits per heavy atom. The van der Waals surface area contributed by atoms with Crippen molar-refractivity contribution in [2.45, 2.75) is 19.9 Å². The van der Waals surface area contributed by atoms with Crippen LogP contribution in [-0.4, -0.2) is 4.98 Å². The van der Waals surface area contributed by atoms with Crippen molar-refractivity contribution in [3.63, 3.8) is 0 Å². The molecule has 1 heterocycles. The topological polar surface area (TPSA) is 41.8 Å². The van der Waals surface area contributed by atoms with Crippen molar-refractivity contribution in [3.05, 3.63) is 35.5 Å². The number of H-pyrrole nitrogens is 1. The minimum absolute atomic E-state index is 0.0925. The van der Waals surface area contributed by atoms with Crippen LogP contribution in [0.25, 0.3) is 10.9 Å². The number of rotatable bonds is 1. The standard InChI is InChI=1S/C11H14N2/c1-7-4-3-5-10-11(7)9(6-13-10)8(2)12/h3-6,8,13H,12H2,1-2H3. The van der Waals surface area contributed by atoms with Crippen molar-refractivity contribution in [2.75, 3.05) is 0 Å². The van der Waals surface area contributed by atoms with Gasteiger partial charge in [-0.2, -0.15) is 0 Å². The predicted octanol–water partition coefficient (Wildman–Crippen LogP) is 2.50. The Labute approximate surface area is 77.8 Å². The number of hydrogen-bond donors (Lipinski definition) is 2. The van der Waals surface area contributed by atoms with Gasteiger partial charge in [-0.1, -0.05) is 12.1 Å². The van der Waals surface area contributed by atoms with Crippen molar-refractivity contribution in [2.24, 2.45) is 5.73 Å². The summed E-state index contributed by atoms with van der Waals surface area (Å²) in [7, 11) is 0. The van der Waals surface area contributed by atoms with Gasteiger partial charge in [-0.25, -0.2) is 0 Å². The first-order valence-electron chi connectivity index (χ1n) is 4.52. The van der Waals surface area contributed by atoms with Crippen LogP contribution in [0.1, 0.15) is 24.1 Å². The molecule has 0 fully saturated rings.